The fraction of sp³-hybridized carbons (Fsp3) is 0.467. The van der Waals surface area contributed by atoms with Gasteiger partial charge in [0.05, 0.1) is 11.3 Å². The van der Waals surface area contributed by atoms with E-state index in [4.69, 9.17) is 15.0 Å². The summed E-state index contributed by atoms with van der Waals surface area (Å²) < 4.78 is 11.0. The predicted octanol–water partition coefficient (Wildman–Crippen LogP) is 3.15. The van der Waals surface area contributed by atoms with E-state index >= 15 is 0 Å². The molecule has 0 saturated heterocycles. The largest absolute Gasteiger partial charge is 0.505 e. The first-order valence-corrected chi connectivity index (χ1v) is 6.87. The molecule has 0 aliphatic rings. The molecule has 0 spiro atoms. The van der Waals surface area contributed by atoms with E-state index in [0.717, 1.165) is 0 Å². The number of nitrogens with zero attached hydrogens (tertiary/aromatic N) is 2. The minimum Gasteiger partial charge on any atom is -0.505 e. The van der Waals surface area contributed by atoms with Crippen LogP contribution in [0.1, 0.15) is 39.6 Å². The summed E-state index contributed by atoms with van der Waals surface area (Å²) in [5.41, 5.74) is 6.19. The minimum absolute atomic E-state index is 0.0589. The number of ether oxygens (including phenoxy) is 1. The molecule has 114 valence electrons. The summed E-state index contributed by atoms with van der Waals surface area (Å²) in [6.07, 6.45) is -0.289. The maximum atomic E-state index is 9.98. The van der Waals surface area contributed by atoms with Gasteiger partial charge in [-0.25, -0.2) is 0 Å². The number of aromatic nitrogens is 2. The molecular weight excluding hydrogens is 270 g/mol. The maximum absolute atomic E-state index is 9.98. The number of benzene rings is 1. The Labute approximate surface area is 123 Å². The highest BCUT2D eigenvalue weighted by molar-refractivity contribution is 5.71. The van der Waals surface area contributed by atoms with Crippen LogP contribution in [0.3, 0.4) is 0 Å². The van der Waals surface area contributed by atoms with Crippen LogP contribution >= 0.6 is 0 Å². The molecule has 0 bridgehead atoms. The second-order valence-corrected chi connectivity index (χ2v) is 5.90. The summed E-state index contributed by atoms with van der Waals surface area (Å²) in [4.78, 5) is 4.35. The number of para-hydroxylation sites is 1. The quantitative estimate of drug-likeness (QED) is 0.663. The number of nitrogen functional groups attached to an aromatic ring is 1. The Bertz CT molecular complexity index is 617. The van der Waals surface area contributed by atoms with Crippen molar-refractivity contribution in [3.8, 4) is 17.2 Å². The van der Waals surface area contributed by atoms with Gasteiger partial charge in [0, 0.05) is 6.61 Å². The molecule has 6 heteroatoms. The molecule has 1 unspecified atom stereocenters. The first-order valence-electron chi connectivity index (χ1n) is 6.87. The zero-order chi connectivity index (χ0) is 15.6. The molecule has 0 fully saturated rings. The van der Waals surface area contributed by atoms with E-state index in [2.05, 4.69) is 10.1 Å². The van der Waals surface area contributed by atoms with E-state index in [0.29, 0.717) is 18.0 Å². The molecule has 3 N–H and O–H groups in total. The van der Waals surface area contributed by atoms with Gasteiger partial charge in [0.1, 0.15) is 6.10 Å². The second-order valence-electron chi connectivity index (χ2n) is 5.90. The van der Waals surface area contributed by atoms with E-state index < -0.39 is 0 Å². The van der Waals surface area contributed by atoms with Crippen molar-refractivity contribution >= 4 is 5.69 Å². The first kappa shape index (κ1) is 15.3. The van der Waals surface area contributed by atoms with Crippen molar-refractivity contribution in [2.75, 3.05) is 12.3 Å². The topological polar surface area (TPSA) is 94.4 Å². The number of nitrogens with two attached hydrogens (primary N) is 1. The van der Waals surface area contributed by atoms with Crippen LogP contribution in [0.25, 0.3) is 11.5 Å². The highest BCUT2D eigenvalue weighted by Gasteiger charge is 2.31. The van der Waals surface area contributed by atoms with Crippen molar-refractivity contribution in [2.45, 2.75) is 33.8 Å². The third-order valence-corrected chi connectivity index (χ3v) is 3.09. The monoisotopic (exact) mass is 291 g/mol. The summed E-state index contributed by atoms with van der Waals surface area (Å²) in [6.45, 7) is 8.60. The van der Waals surface area contributed by atoms with Crippen LogP contribution in [0.2, 0.25) is 0 Å². The molecule has 1 aromatic heterocycles. The maximum Gasteiger partial charge on any atom is 0.261 e. The van der Waals surface area contributed by atoms with Gasteiger partial charge in [0.2, 0.25) is 5.82 Å². The highest BCUT2D eigenvalue weighted by atomic mass is 16.5. The van der Waals surface area contributed by atoms with Gasteiger partial charge < -0.3 is 20.1 Å². The minimum atomic E-state index is -0.289. The Hall–Kier alpha value is -2.08. The van der Waals surface area contributed by atoms with E-state index in [1.54, 1.807) is 18.2 Å². The van der Waals surface area contributed by atoms with Crippen LogP contribution < -0.4 is 5.73 Å². The summed E-state index contributed by atoms with van der Waals surface area (Å²) in [5.74, 6) is 0.626. The molecule has 21 heavy (non-hydrogen) atoms. The van der Waals surface area contributed by atoms with Crippen LogP contribution in [0, 0.1) is 5.41 Å². The van der Waals surface area contributed by atoms with Gasteiger partial charge >= 0.3 is 0 Å². The summed E-state index contributed by atoms with van der Waals surface area (Å²) in [7, 11) is 0. The van der Waals surface area contributed by atoms with Crippen molar-refractivity contribution in [1.82, 2.24) is 10.1 Å². The Balaban J connectivity index is 2.39. The van der Waals surface area contributed by atoms with Crippen LogP contribution in [0.4, 0.5) is 5.69 Å². The molecule has 0 amide bonds. The molecule has 2 rings (SSSR count). The van der Waals surface area contributed by atoms with Crippen molar-refractivity contribution in [2.24, 2.45) is 5.41 Å². The van der Waals surface area contributed by atoms with Gasteiger partial charge in [-0.2, -0.15) is 4.98 Å². The van der Waals surface area contributed by atoms with Crippen molar-refractivity contribution in [3.63, 3.8) is 0 Å². The average molecular weight is 291 g/mol. The second kappa shape index (κ2) is 5.73. The van der Waals surface area contributed by atoms with Crippen LogP contribution in [0.15, 0.2) is 22.7 Å². The number of aromatic hydroxyl groups is 1. The van der Waals surface area contributed by atoms with Crippen molar-refractivity contribution in [3.05, 3.63) is 24.0 Å². The molecule has 1 atom stereocenters. The van der Waals surface area contributed by atoms with Crippen LogP contribution in [-0.4, -0.2) is 21.9 Å². The number of phenolic OH excluding ortho intramolecular Hbond substituents is 1. The standard InChI is InChI=1S/C15H21N3O3/c1-5-20-12(15(2,3)4)13-17-14(21-18-13)9-7-6-8-10(16)11(9)19/h6-8,12,19H,5,16H2,1-4H3. The number of hydrogen-bond acceptors (Lipinski definition) is 6. The molecule has 0 radical (unpaired) electrons. The average Bonchev–Trinajstić information content (AvgIpc) is 2.87. The lowest BCUT2D eigenvalue weighted by Crippen LogP contribution is -2.22. The van der Waals surface area contributed by atoms with E-state index in [1.807, 2.05) is 27.7 Å². The number of anilines is 1. The Kier molecular flexibility index (Phi) is 4.18. The van der Waals surface area contributed by atoms with Crippen molar-refractivity contribution < 1.29 is 14.4 Å². The fourth-order valence-electron chi connectivity index (χ4n) is 2.06. The van der Waals surface area contributed by atoms with Gasteiger partial charge in [-0.15, -0.1) is 0 Å². The SMILES string of the molecule is CCOC(c1noc(-c2cccc(N)c2O)n1)C(C)(C)C. The number of hydrogen-bond donors (Lipinski definition) is 2. The Morgan fingerprint density at radius 1 is 1.38 bits per heavy atom. The fourth-order valence-corrected chi connectivity index (χ4v) is 2.06. The molecule has 6 nitrogen and oxygen atoms in total. The van der Waals surface area contributed by atoms with Gasteiger partial charge in [0.15, 0.2) is 5.75 Å². The van der Waals surface area contributed by atoms with E-state index in [9.17, 15) is 5.11 Å². The van der Waals surface area contributed by atoms with Gasteiger partial charge in [-0.1, -0.05) is 32.0 Å². The third kappa shape index (κ3) is 3.16. The molecule has 2 aromatic rings. The van der Waals surface area contributed by atoms with E-state index in [-0.39, 0.29) is 28.8 Å². The molecular formula is C15H21N3O3. The number of rotatable bonds is 4. The van der Waals surface area contributed by atoms with Crippen LogP contribution in [0.5, 0.6) is 5.75 Å². The van der Waals surface area contributed by atoms with Crippen LogP contribution in [-0.2, 0) is 4.74 Å². The van der Waals surface area contributed by atoms with E-state index in [1.165, 1.54) is 0 Å². The summed E-state index contributed by atoms with van der Waals surface area (Å²) in [5, 5.41) is 14.0. The molecule has 0 saturated carbocycles. The zero-order valence-electron chi connectivity index (χ0n) is 12.8. The smallest absolute Gasteiger partial charge is 0.261 e. The van der Waals surface area contributed by atoms with Gasteiger partial charge in [-0.3, -0.25) is 0 Å². The first-order chi connectivity index (χ1) is 9.84. The lowest BCUT2D eigenvalue weighted by Gasteiger charge is -2.27. The van der Waals surface area contributed by atoms with Crippen molar-refractivity contribution in [1.29, 1.82) is 0 Å². The zero-order valence-corrected chi connectivity index (χ0v) is 12.8. The summed E-state index contributed by atoms with van der Waals surface area (Å²) in [6, 6.07) is 5.00. The molecule has 1 aromatic carbocycles. The molecule has 0 aliphatic heterocycles. The molecule has 1 heterocycles. The van der Waals surface area contributed by atoms with Gasteiger partial charge in [0.25, 0.3) is 5.89 Å². The third-order valence-electron chi connectivity index (χ3n) is 3.09. The predicted molar refractivity (Wildman–Crippen MR) is 79.6 cm³/mol. The Morgan fingerprint density at radius 2 is 2.10 bits per heavy atom. The van der Waals surface area contributed by atoms with Gasteiger partial charge in [-0.05, 0) is 24.5 Å². The lowest BCUT2D eigenvalue weighted by molar-refractivity contribution is -0.0203. The summed E-state index contributed by atoms with van der Waals surface area (Å²) >= 11 is 0. The molecule has 0 aliphatic carbocycles. The normalized spacial score (nSPS) is 13.3. The highest BCUT2D eigenvalue weighted by Crippen LogP contribution is 2.37. The number of phenols is 1. The lowest BCUT2D eigenvalue weighted by atomic mass is 9.88. The Morgan fingerprint density at radius 3 is 2.71 bits per heavy atom.